The molecule has 3 atom stereocenters. The van der Waals surface area contributed by atoms with Crippen molar-refractivity contribution in [3.63, 3.8) is 0 Å². The van der Waals surface area contributed by atoms with Crippen LogP contribution in [0.5, 0.6) is 0 Å². The first-order valence-corrected chi connectivity index (χ1v) is 7.88. The number of hydrogen-bond acceptors (Lipinski definition) is 1. The van der Waals surface area contributed by atoms with E-state index in [1.54, 1.807) is 6.07 Å². The van der Waals surface area contributed by atoms with Gasteiger partial charge in [0.1, 0.15) is 11.3 Å². The number of benzene rings is 1. The molecular formula is C16H20ClFN2. The summed E-state index contributed by atoms with van der Waals surface area (Å²) in [7, 11) is 0. The molecule has 20 heavy (non-hydrogen) atoms. The summed E-state index contributed by atoms with van der Waals surface area (Å²) in [6.07, 6.45) is 3.05. The maximum atomic E-state index is 14.0. The summed E-state index contributed by atoms with van der Waals surface area (Å²) in [5, 5.41) is 0. The van der Waals surface area contributed by atoms with E-state index in [9.17, 15) is 4.39 Å². The molecule has 1 aliphatic rings. The van der Waals surface area contributed by atoms with E-state index in [1.165, 1.54) is 12.5 Å². The molecule has 3 unspecified atom stereocenters. The summed E-state index contributed by atoms with van der Waals surface area (Å²) in [6.45, 7) is 4.59. The second-order valence-electron chi connectivity index (χ2n) is 5.93. The van der Waals surface area contributed by atoms with Crippen LogP contribution >= 0.6 is 11.6 Å². The number of halogens is 2. The van der Waals surface area contributed by atoms with Crippen LogP contribution in [0.25, 0.3) is 11.0 Å². The molecule has 108 valence electrons. The van der Waals surface area contributed by atoms with Crippen LogP contribution in [0.1, 0.15) is 38.6 Å². The lowest BCUT2D eigenvalue weighted by molar-refractivity contribution is 0.352. The fraction of sp³-hybridized carbons (Fsp3) is 0.562. The van der Waals surface area contributed by atoms with Crippen molar-refractivity contribution >= 4 is 22.6 Å². The van der Waals surface area contributed by atoms with Gasteiger partial charge >= 0.3 is 0 Å². The third-order valence-electron chi connectivity index (χ3n) is 4.82. The SMILES string of the molecule is CC1CCC(n2c(CCCl)nc3c(F)cccc32)C1C. The average molecular weight is 295 g/mol. The zero-order chi connectivity index (χ0) is 14.3. The van der Waals surface area contributed by atoms with Crippen molar-refractivity contribution in [1.82, 2.24) is 9.55 Å². The van der Waals surface area contributed by atoms with Gasteiger partial charge in [-0.3, -0.25) is 0 Å². The molecule has 0 bridgehead atoms. The number of rotatable bonds is 3. The summed E-state index contributed by atoms with van der Waals surface area (Å²) in [6, 6.07) is 5.63. The van der Waals surface area contributed by atoms with Crippen molar-refractivity contribution in [3.8, 4) is 0 Å². The van der Waals surface area contributed by atoms with E-state index < -0.39 is 0 Å². The molecule has 2 nitrogen and oxygen atoms in total. The molecule has 1 fully saturated rings. The Labute approximate surface area is 123 Å². The van der Waals surface area contributed by atoms with Crippen LogP contribution in [0.3, 0.4) is 0 Å². The minimum Gasteiger partial charge on any atom is -0.324 e. The van der Waals surface area contributed by atoms with Crippen molar-refractivity contribution in [2.24, 2.45) is 11.8 Å². The molecule has 1 aromatic heterocycles. The number of nitrogens with zero attached hydrogens (tertiary/aromatic N) is 2. The molecule has 0 aliphatic heterocycles. The van der Waals surface area contributed by atoms with Crippen molar-refractivity contribution in [2.75, 3.05) is 5.88 Å². The van der Waals surface area contributed by atoms with Crippen molar-refractivity contribution in [1.29, 1.82) is 0 Å². The average Bonchev–Trinajstić information content (AvgIpc) is 2.94. The molecule has 1 aliphatic carbocycles. The highest BCUT2D eigenvalue weighted by Crippen LogP contribution is 2.42. The normalized spacial score (nSPS) is 26.5. The number of imidazole rings is 1. The van der Waals surface area contributed by atoms with E-state index in [1.807, 2.05) is 6.07 Å². The minimum absolute atomic E-state index is 0.240. The Balaban J connectivity index is 2.17. The molecule has 0 radical (unpaired) electrons. The summed E-state index contributed by atoms with van der Waals surface area (Å²) < 4.78 is 16.2. The van der Waals surface area contributed by atoms with Gasteiger partial charge in [0.15, 0.2) is 5.82 Å². The standard InChI is InChI=1S/C16H20ClFN2/c1-10-6-7-13(11(10)2)20-14-5-3-4-12(18)16(14)19-15(20)8-9-17/h3-5,10-11,13H,6-9H2,1-2H3. The van der Waals surface area contributed by atoms with E-state index in [4.69, 9.17) is 11.6 Å². The maximum absolute atomic E-state index is 14.0. The Bertz CT molecular complexity index is 622. The Morgan fingerprint density at radius 1 is 1.35 bits per heavy atom. The van der Waals surface area contributed by atoms with E-state index >= 15 is 0 Å². The molecule has 0 N–H and O–H groups in total. The van der Waals surface area contributed by atoms with Gasteiger partial charge in [-0.25, -0.2) is 9.37 Å². The highest BCUT2D eigenvalue weighted by atomic mass is 35.5. The first-order chi connectivity index (χ1) is 9.63. The Hall–Kier alpha value is -1.09. The number of aromatic nitrogens is 2. The Morgan fingerprint density at radius 3 is 2.80 bits per heavy atom. The molecule has 0 saturated heterocycles. The highest BCUT2D eigenvalue weighted by Gasteiger charge is 2.33. The van der Waals surface area contributed by atoms with Gasteiger partial charge in [-0.1, -0.05) is 19.9 Å². The van der Waals surface area contributed by atoms with Gasteiger partial charge in [0, 0.05) is 18.3 Å². The molecule has 1 heterocycles. The lowest BCUT2D eigenvalue weighted by atomic mass is 9.97. The van der Waals surface area contributed by atoms with Crippen LogP contribution in [0.2, 0.25) is 0 Å². The molecule has 2 aromatic rings. The van der Waals surface area contributed by atoms with Gasteiger partial charge in [0.05, 0.1) is 5.52 Å². The van der Waals surface area contributed by atoms with E-state index in [0.717, 1.165) is 17.8 Å². The Kier molecular flexibility index (Phi) is 3.72. The van der Waals surface area contributed by atoms with Crippen molar-refractivity contribution < 1.29 is 4.39 Å². The van der Waals surface area contributed by atoms with Gasteiger partial charge < -0.3 is 4.57 Å². The van der Waals surface area contributed by atoms with E-state index in [2.05, 4.69) is 23.4 Å². The lowest BCUT2D eigenvalue weighted by Gasteiger charge is -2.22. The molecule has 1 saturated carbocycles. The molecule has 4 heteroatoms. The summed E-state index contributed by atoms with van der Waals surface area (Å²) in [5.74, 6) is 2.49. The van der Waals surface area contributed by atoms with Crippen LogP contribution in [0.15, 0.2) is 18.2 Å². The van der Waals surface area contributed by atoms with Gasteiger partial charge in [0.25, 0.3) is 0 Å². The third-order valence-corrected chi connectivity index (χ3v) is 5.00. The number of hydrogen-bond donors (Lipinski definition) is 0. The number of aryl methyl sites for hydroxylation is 1. The minimum atomic E-state index is -0.240. The molecule has 1 aromatic carbocycles. The third kappa shape index (κ3) is 2.12. The quantitative estimate of drug-likeness (QED) is 0.759. The fourth-order valence-electron chi connectivity index (χ4n) is 3.46. The van der Waals surface area contributed by atoms with Crippen LogP contribution in [-0.4, -0.2) is 15.4 Å². The molecule has 0 amide bonds. The maximum Gasteiger partial charge on any atom is 0.151 e. The predicted molar refractivity (Wildman–Crippen MR) is 80.7 cm³/mol. The van der Waals surface area contributed by atoms with Crippen LogP contribution in [-0.2, 0) is 6.42 Å². The van der Waals surface area contributed by atoms with Crippen molar-refractivity contribution in [3.05, 3.63) is 29.8 Å². The predicted octanol–water partition coefficient (Wildman–Crippen LogP) is 4.56. The molecule has 0 spiro atoms. The fourth-order valence-corrected chi connectivity index (χ4v) is 3.63. The first-order valence-electron chi connectivity index (χ1n) is 7.34. The second kappa shape index (κ2) is 5.36. The van der Waals surface area contributed by atoms with Crippen LogP contribution in [0.4, 0.5) is 4.39 Å². The highest BCUT2D eigenvalue weighted by molar-refractivity contribution is 6.17. The smallest absolute Gasteiger partial charge is 0.151 e. The second-order valence-corrected chi connectivity index (χ2v) is 6.30. The molecule has 3 rings (SSSR count). The van der Waals surface area contributed by atoms with Gasteiger partial charge in [-0.05, 0) is 36.8 Å². The summed E-state index contributed by atoms with van der Waals surface area (Å²) in [4.78, 5) is 4.51. The first kappa shape index (κ1) is 13.9. The summed E-state index contributed by atoms with van der Waals surface area (Å²) >= 11 is 5.90. The zero-order valence-electron chi connectivity index (χ0n) is 11.9. The van der Waals surface area contributed by atoms with Gasteiger partial charge in [0.2, 0.25) is 0 Å². The largest absolute Gasteiger partial charge is 0.324 e. The van der Waals surface area contributed by atoms with Gasteiger partial charge in [-0.15, -0.1) is 11.6 Å². The summed E-state index contributed by atoms with van der Waals surface area (Å²) in [5.41, 5.74) is 1.40. The number of para-hydroxylation sites is 1. The van der Waals surface area contributed by atoms with Gasteiger partial charge in [-0.2, -0.15) is 0 Å². The lowest BCUT2D eigenvalue weighted by Crippen LogP contribution is -2.17. The van der Waals surface area contributed by atoms with E-state index in [-0.39, 0.29) is 5.82 Å². The zero-order valence-corrected chi connectivity index (χ0v) is 12.7. The van der Waals surface area contributed by atoms with Crippen molar-refractivity contribution in [2.45, 2.75) is 39.2 Å². The van der Waals surface area contributed by atoms with E-state index in [0.29, 0.717) is 35.7 Å². The number of fused-ring (bicyclic) bond motifs is 1. The monoisotopic (exact) mass is 294 g/mol. The van der Waals surface area contributed by atoms with Crippen LogP contribution in [0, 0.1) is 17.7 Å². The Morgan fingerprint density at radius 2 is 2.15 bits per heavy atom. The van der Waals surface area contributed by atoms with Crippen LogP contribution < -0.4 is 0 Å². The molecular weight excluding hydrogens is 275 g/mol. The number of alkyl halides is 1. The topological polar surface area (TPSA) is 17.8 Å².